The molecule has 0 fully saturated rings. The average Bonchev–Trinajstić information content (AvgIpc) is 3.25. The number of hydrogen-bond acceptors (Lipinski definition) is 4. The molecule has 0 unspecified atom stereocenters. The zero-order valence-electron chi connectivity index (χ0n) is 16.6. The first-order valence-electron chi connectivity index (χ1n) is 9.28. The van der Waals surface area contributed by atoms with Crippen molar-refractivity contribution < 1.29 is 24.5 Å². The fourth-order valence-electron chi connectivity index (χ4n) is 3.49. The van der Waals surface area contributed by atoms with Crippen LogP contribution in [0.3, 0.4) is 0 Å². The third kappa shape index (κ3) is 3.54. The van der Waals surface area contributed by atoms with Gasteiger partial charge in [0.15, 0.2) is 5.89 Å². The molecule has 0 saturated heterocycles. The fraction of sp³-hybridized carbons (Fsp3) is 0.318. The van der Waals surface area contributed by atoms with Crippen molar-refractivity contribution in [2.45, 2.75) is 46.5 Å². The Hall–Kier alpha value is -2.30. The van der Waals surface area contributed by atoms with Gasteiger partial charge in [0.25, 0.3) is 0 Å². The average molecular weight is 552 g/mol. The normalized spacial score (nSPS) is 11.4. The minimum absolute atomic E-state index is 0. The molecule has 0 amide bonds. The standard InChI is InChI=1S/C22H23N4O.Ir/c1-13(2)17-7-6-8-18(14(3)4)21(17)26-12-23-25-22(26)16-9-10-19-20(11-16)27-15(5)24-19;/h6-8,10-14H,1-5H3;/q-1;. The summed E-state index contributed by atoms with van der Waals surface area (Å²) in [5.41, 5.74) is 6.08. The monoisotopic (exact) mass is 552 g/mol. The Kier molecular flexibility index (Phi) is 5.82. The number of nitrogens with zero attached hydrogens (tertiary/aromatic N) is 4. The van der Waals surface area contributed by atoms with E-state index >= 15 is 0 Å². The van der Waals surface area contributed by atoms with Gasteiger partial charge in [-0.1, -0.05) is 52.0 Å². The summed E-state index contributed by atoms with van der Waals surface area (Å²) >= 11 is 0. The number of aromatic nitrogens is 4. The van der Waals surface area contributed by atoms with Crippen LogP contribution in [0.5, 0.6) is 0 Å². The maximum absolute atomic E-state index is 5.69. The summed E-state index contributed by atoms with van der Waals surface area (Å²) in [6, 6.07) is 13.6. The Bertz CT molecular complexity index is 1080. The number of benzene rings is 2. The number of fused-ring (bicyclic) bond motifs is 1. The number of oxazole rings is 1. The van der Waals surface area contributed by atoms with Gasteiger partial charge in [-0.25, -0.2) is 0 Å². The molecule has 0 N–H and O–H groups in total. The van der Waals surface area contributed by atoms with Gasteiger partial charge in [-0.2, -0.15) is 5.10 Å². The largest absolute Gasteiger partial charge is 0.461 e. The molecular weight excluding hydrogens is 528 g/mol. The smallest absolute Gasteiger partial charge is 0.180 e. The summed E-state index contributed by atoms with van der Waals surface area (Å²) in [6.07, 6.45) is 1.78. The molecule has 2 heterocycles. The van der Waals surface area contributed by atoms with E-state index < -0.39 is 0 Å². The minimum atomic E-state index is 0. The van der Waals surface area contributed by atoms with Gasteiger partial charge >= 0.3 is 0 Å². The molecule has 0 atom stereocenters. The molecule has 4 aromatic rings. The van der Waals surface area contributed by atoms with E-state index in [9.17, 15) is 0 Å². The summed E-state index contributed by atoms with van der Waals surface area (Å²) in [5.74, 6) is 2.17. The number of rotatable bonds is 4. The first-order valence-corrected chi connectivity index (χ1v) is 9.28. The molecule has 4 rings (SSSR count). The Labute approximate surface area is 178 Å². The van der Waals surface area contributed by atoms with Crippen molar-refractivity contribution in [2.75, 3.05) is 0 Å². The Morgan fingerprint density at radius 1 is 1.07 bits per heavy atom. The molecule has 28 heavy (non-hydrogen) atoms. The van der Waals surface area contributed by atoms with Crippen LogP contribution in [0.4, 0.5) is 0 Å². The molecule has 0 bridgehead atoms. The van der Waals surface area contributed by atoms with E-state index in [2.05, 4.69) is 71.7 Å². The maximum Gasteiger partial charge on any atom is 0.180 e. The fourth-order valence-corrected chi connectivity index (χ4v) is 3.49. The van der Waals surface area contributed by atoms with E-state index in [0.717, 1.165) is 28.2 Å². The van der Waals surface area contributed by atoms with Gasteiger partial charge in [-0.05, 0) is 23.0 Å². The first kappa shape index (κ1) is 20.4. The van der Waals surface area contributed by atoms with Crippen LogP contribution in [0.25, 0.3) is 28.2 Å². The van der Waals surface area contributed by atoms with Crippen molar-refractivity contribution in [2.24, 2.45) is 0 Å². The van der Waals surface area contributed by atoms with Gasteiger partial charge in [-0.3, -0.25) is 4.98 Å². The van der Waals surface area contributed by atoms with Crippen molar-refractivity contribution in [1.82, 2.24) is 19.7 Å². The predicted octanol–water partition coefficient (Wildman–Crippen LogP) is 5.43. The van der Waals surface area contributed by atoms with Crippen molar-refractivity contribution in [3.8, 4) is 17.1 Å². The van der Waals surface area contributed by atoms with Gasteiger partial charge < -0.3 is 8.98 Å². The molecule has 0 aliphatic carbocycles. The SMILES string of the molecule is Cc1nc2c[c-]c(-c3nncn3-c3c(C(C)C)cccc3C(C)C)cc2o1.[Ir]. The van der Waals surface area contributed by atoms with E-state index in [1.807, 2.05) is 19.1 Å². The Balaban J connectivity index is 0.00000225. The first-order chi connectivity index (χ1) is 13.0. The number of hydrogen-bond donors (Lipinski definition) is 0. The van der Waals surface area contributed by atoms with E-state index in [4.69, 9.17) is 4.42 Å². The summed E-state index contributed by atoms with van der Waals surface area (Å²) < 4.78 is 7.76. The second-order valence-electron chi connectivity index (χ2n) is 7.45. The van der Waals surface area contributed by atoms with E-state index in [-0.39, 0.29) is 20.1 Å². The van der Waals surface area contributed by atoms with Crippen LogP contribution in [-0.4, -0.2) is 19.7 Å². The van der Waals surface area contributed by atoms with E-state index in [1.165, 1.54) is 11.1 Å². The van der Waals surface area contributed by atoms with Crippen molar-refractivity contribution in [3.63, 3.8) is 0 Å². The van der Waals surface area contributed by atoms with Gasteiger partial charge in [-0.15, -0.1) is 22.8 Å². The molecule has 2 aromatic heterocycles. The third-order valence-corrected chi connectivity index (χ3v) is 4.80. The summed E-state index contributed by atoms with van der Waals surface area (Å²) in [6.45, 7) is 10.7. The number of para-hydroxylation sites is 1. The molecule has 5 nitrogen and oxygen atoms in total. The maximum atomic E-state index is 5.69. The van der Waals surface area contributed by atoms with Crippen LogP contribution < -0.4 is 0 Å². The molecule has 147 valence electrons. The van der Waals surface area contributed by atoms with Gasteiger partial charge in [0.2, 0.25) is 0 Å². The zero-order valence-corrected chi connectivity index (χ0v) is 19.0. The van der Waals surface area contributed by atoms with Gasteiger partial charge in [0.05, 0.1) is 11.4 Å². The second kappa shape index (κ2) is 7.98. The van der Waals surface area contributed by atoms with E-state index in [0.29, 0.717) is 17.7 Å². The molecule has 6 heteroatoms. The summed E-state index contributed by atoms with van der Waals surface area (Å²) in [5, 5.41) is 8.60. The van der Waals surface area contributed by atoms with E-state index in [1.54, 1.807) is 6.33 Å². The van der Waals surface area contributed by atoms with Gasteiger partial charge in [0.1, 0.15) is 6.33 Å². The summed E-state index contributed by atoms with van der Waals surface area (Å²) in [7, 11) is 0. The quantitative estimate of drug-likeness (QED) is 0.318. The molecule has 2 aromatic carbocycles. The minimum Gasteiger partial charge on any atom is -0.461 e. The van der Waals surface area contributed by atoms with Crippen LogP contribution in [0.15, 0.2) is 41.1 Å². The Morgan fingerprint density at radius 2 is 1.75 bits per heavy atom. The topological polar surface area (TPSA) is 56.7 Å². The second-order valence-corrected chi connectivity index (χ2v) is 7.45. The van der Waals surface area contributed by atoms with Crippen LogP contribution in [-0.2, 0) is 20.1 Å². The van der Waals surface area contributed by atoms with Crippen molar-refractivity contribution >= 4 is 11.1 Å². The third-order valence-electron chi connectivity index (χ3n) is 4.80. The number of aryl methyl sites for hydroxylation is 1. The predicted molar refractivity (Wildman–Crippen MR) is 106 cm³/mol. The van der Waals surface area contributed by atoms with Crippen molar-refractivity contribution in [1.29, 1.82) is 0 Å². The molecule has 0 aliphatic heterocycles. The zero-order chi connectivity index (χ0) is 19.1. The molecule has 0 aliphatic rings. The van der Waals surface area contributed by atoms with Gasteiger partial charge in [0, 0.05) is 38.2 Å². The van der Waals surface area contributed by atoms with Crippen LogP contribution in [0, 0.1) is 13.0 Å². The van der Waals surface area contributed by atoms with Crippen LogP contribution in [0.2, 0.25) is 0 Å². The molecule has 0 saturated carbocycles. The molecular formula is C22H23IrN4O-. The molecule has 0 spiro atoms. The van der Waals surface area contributed by atoms with Crippen LogP contribution in [0.1, 0.15) is 56.5 Å². The Morgan fingerprint density at radius 3 is 2.39 bits per heavy atom. The van der Waals surface area contributed by atoms with Crippen LogP contribution >= 0.6 is 0 Å². The van der Waals surface area contributed by atoms with Crippen molar-refractivity contribution in [3.05, 3.63) is 59.7 Å². The summed E-state index contributed by atoms with van der Waals surface area (Å²) in [4.78, 5) is 4.35. The molecule has 1 radical (unpaired) electrons.